The van der Waals surface area contributed by atoms with E-state index in [1.807, 2.05) is 152 Å². The van der Waals surface area contributed by atoms with Crippen LogP contribution in [0, 0.1) is 20.8 Å². The first-order chi connectivity index (χ1) is 20.0. The van der Waals surface area contributed by atoms with Gasteiger partial charge in [-0.3, -0.25) is 0 Å². The van der Waals surface area contributed by atoms with Crippen molar-refractivity contribution < 1.29 is 0 Å². The van der Waals surface area contributed by atoms with Crippen molar-refractivity contribution in [2.75, 3.05) is 0 Å². The molecule has 0 amide bonds. The van der Waals surface area contributed by atoms with Crippen LogP contribution >= 0.6 is 0 Å². The van der Waals surface area contributed by atoms with Crippen LogP contribution in [0.5, 0.6) is 0 Å². The van der Waals surface area contributed by atoms with Crippen molar-refractivity contribution >= 4 is 0 Å². The predicted octanol–water partition coefficient (Wildman–Crippen LogP) is 17.3. The standard InChI is InChI=1S/3C7H8.2C3H8.7C2H6.2CH4/c3*1-7-5-3-2-4-6-7;2*1-3-2;7*1-2;;/h3*2-6H,1H3;2*3H2,1-2H3;7*1-2H3;2*1H4. The number of hydrogen-bond acceptors (Lipinski definition) is 0. The Kier molecular flexibility index (Phi) is 179. The molecule has 0 unspecified atom stereocenters. The van der Waals surface area contributed by atoms with Crippen molar-refractivity contribution in [3.8, 4) is 0 Å². The van der Waals surface area contributed by atoms with E-state index in [9.17, 15) is 0 Å². The highest BCUT2D eigenvalue weighted by Gasteiger charge is 1.73. The average Bonchev–Trinajstić information content (AvgIpc) is 3.07. The molecule has 262 valence electrons. The Morgan fingerprint density at radius 3 is 0.419 bits per heavy atom. The molecule has 0 heteroatoms. The van der Waals surface area contributed by atoms with Crippen LogP contribution in [0.3, 0.4) is 0 Å². The van der Waals surface area contributed by atoms with Crippen molar-refractivity contribution in [3.63, 3.8) is 0 Å². The topological polar surface area (TPSA) is 0 Å². The van der Waals surface area contributed by atoms with E-state index in [0.717, 1.165) is 0 Å². The lowest BCUT2D eigenvalue weighted by molar-refractivity contribution is 1.09. The lowest BCUT2D eigenvalue weighted by Crippen LogP contribution is -1.62. The second-order valence-corrected chi connectivity index (χ2v) is 6.38. The van der Waals surface area contributed by atoms with Gasteiger partial charge in [0.05, 0.1) is 0 Å². The van der Waals surface area contributed by atoms with Crippen molar-refractivity contribution in [1.82, 2.24) is 0 Å². The monoisotopic (exact) mass is 607 g/mol. The fourth-order valence-electron chi connectivity index (χ4n) is 1.60. The number of benzene rings is 3. The number of rotatable bonds is 0. The molecule has 0 radical (unpaired) electrons. The molecule has 3 aromatic carbocycles. The van der Waals surface area contributed by atoms with Crippen molar-refractivity contribution in [3.05, 3.63) is 108 Å². The van der Waals surface area contributed by atoms with Gasteiger partial charge in [-0.1, -0.05) is 260 Å². The smallest absolute Gasteiger partial charge is 0.0398 e. The summed E-state index contributed by atoms with van der Waals surface area (Å²) < 4.78 is 0. The third-order valence-corrected chi connectivity index (χ3v) is 2.82. The van der Waals surface area contributed by atoms with E-state index in [-0.39, 0.29) is 14.9 Å². The van der Waals surface area contributed by atoms with Crippen LogP contribution in [0.4, 0.5) is 0 Å². The zero-order chi connectivity index (χ0) is 34.8. The minimum Gasteiger partial charge on any atom is -0.0776 e. The van der Waals surface area contributed by atoms with E-state index >= 15 is 0 Å². The molecule has 0 heterocycles. The van der Waals surface area contributed by atoms with Gasteiger partial charge in [0.15, 0.2) is 0 Å². The number of aryl methyl sites for hydroxylation is 3. The van der Waals surface area contributed by atoms with Gasteiger partial charge in [-0.05, 0) is 20.8 Å². The Bertz CT molecular complexity index is 506. The predicted molar refractivity (Wildman–Crippen MR) is 218 cm³/mol. The van der Waals surface area contributed by atoms with Crippen LogP contribution in [0.2, 0.25) is 0 Å². The second kappa shape index (κ2) is 106. The van der Waals surface area contributed by atoms with E-state index < -0.39 is 0 Å². The molecule has 0 saturated heterocycles. The molecule has 3 rings (SSSR count). The third-order valence-electron chi connectivity index (χ3n) is 2.82. The van der Waals surface area contributed by atoms with Crippen molar-refractivity contribution in [1.29, 1.82) is 0 Å². The molecular weight excluding hydrogens is 516 g/mol. The lowest BCUT2D eigenvalue weighted by atomic mass is 10.2. The van der Waals surface area contributed by atoms with Crippen LogP contribution in [0.25, 0.3) is 0 Å². The summed E-state index contributed by atoms with van der Waals surface area (Å²) in [7, 11) is 0. The second-order valence-electron chi connectivity index (χ2n) is 6.38. The van der Waals surface area contributed by atoms with Crippen LogP contribution in [0.15, 0.2) is 91.0 Å². The molecule has 0 spiro atoms. The molecule has 3 aromatic rings. The normalized spacial score (nSPS) is 6.07. The quantitative estimate of drug-likeness (QED) is 0.239. The highest BCUT2D eigenvalue weighted by Crippen LogP contribution is 1.93. The summed E-state index contributed by atoms with van der Waals surface area (Å²) in [5.74, 6) is 0. The molecule has 0 saturated carbocycles. The molecule has 0 bridgehead atoms. The zero-order valence-electron chi connectivity index (χ0n) is 32.6. The summed E-state index contributed by atoms with van der Waals surface area (Å²) in [6.45, 7) is 42.8. The highest BCUT2D eigenvalue weighted by molar-refractivity contribution is 5.13. The van der Waals surface area contributed by atoms with Crippen LogP contribution < -0.4 is 0 Å². The first-order valence-electron chi connectivity index (χ1n) is 17.1. The van der Waals surface area contributed by atoms with Crippen LogP contribution in [0.1, 0.15) is 169 Å². The number of hydrogen-bond donors (Lipinski definition) is 0. The van der Waals surface area contributed by atoms with Crippen LogP contribution in [-0.2, 0) is 0 Å². The molecule has 43 heavy (non-hydrogen) atoms. The first kappa shape index (κ1) is 72.7. The van der Waals surface area contributed by atoms with E-state index in [1.165, 1.54) is 29.5 Å². The molecule has 0 nitrogen and oxygen atoms in total. The van der Waals surface area contributed by atoms with Gasteiger partial charge in [-0.2, -0.15) is 0 Å². The van der Waals surface area contributed by atoms with E-state index in [1.54, 1.807) is 0 Å². The van der Waals surface area contributed by atoms with Gasteiger partial charge < -0.3 is 0 Å². The maximum absolute atomic E-state index is 2.12. The lowest BCUT2D eigenvalue weighted by Gasteiger charge is -1.82. The van der Waals surface area contributed by atoms with E-state index in [0.29, 0.717) is 0 Å². The average molecular weight is 607 g/mol. The summed E-state index contributed by atoms with van der Waals surface area (Å²) in [5.41, 5.74) is 3.97. The molecule has 0 aliphatic rings. The minimum absolute atomic E-state index is 0. The molecule has 0 aliphatic carbocycles. The summed E-state index contributed by atoms with van der Waals surface area (Å²) in [6.07, 6.45) is 2.50. The van der Waals surface area contributed by atoms with E-state index in [2.05, 4.69) is 84.9 Å². The summed E-state index contributed by atoms with van der Waals surface area (Å²) in [4.78, 5) is 0. The van der Waals surface area contributed by atoms with Gasteiger partial charge in [0.25, 0.3) is 0 Å². The maximum Gasteiger partial charge on any atom is -0.0398 e. The third kappa shape index (κ3) is 120. The van der Waals surface area contributed by atoms with E-state index in [4.69, 9.17) is 0 Å². The summed E-state index contributed by atoms with van der Waals surface area (Å²) in [5, 5.41) is 0. The molecule has 0 N–H and O–H groups in total. The maximum atomic E-state index is 2.12. The minimum atomic E-state index is 0. The Morgan fingerprint density at radius 2 is 0.372 bits per heavy atom. The molecule has 0 fully saturated rings. The molecule has 0 atom stereocenters. The van der Waals surface area contributed by atoms with Gasteiger partial charge in [0.2, 0.25) is 0 Å². The fourth-order valence-corrected chi connectivity index (χ4v) is 1.60. The Morgan fingerprint density at radius 1 is 0.279 bits per heavy atom. The summed E-state index contributed by atoms with van der Waals surface area (Å²) in [6, 6.07) is 30.8. The Labute approximate surface area is 280 Å². The highest BCUT2D eigenvalue weighted by atomic mass is 13.8. The van der Waals surface area contributed by atoms with Crippen molar-refractivity contribution in [2.24, 2.45) is 0 Å². The largest absolute Gasteiger partial charge is 0.0776 e. The van der Waals surface area contributed by atoms with Gasteiger partial charge in [0, 0.05) is 0 Å². The van der Waals surface area contributed by atoms with Crippen LogP contribution in [-0.4, -0.2) is 0 Å². The molecular formula is C43H90. The molecule has 0 aliphatic heterocycles. The van der Waals surface area contributed by atoms with Crippen molar-refractivity contribution in [2.45, 2.75) is 173 Å². The SMILES string of the molecule is C.C.CC.CC.CC.CC.CC.CC.CC.CCC.CCC.Cc1ccccc1.Cc1ccccc1.Cc1ccccc1. The fraction of sp³-hybridized carbons (Fsp3) is 0.581. The van der Waals surface area contributed by atoms with Gasteiger partial charge in [-0.25, -0.2) is 0 Å². The van der Waals surface area contributed by atoms with Gasteiger partial charge in [-0.15, -0.1) is 0 Å². The summed E-state index contributed by atoms with van der Waals surface area (Å²) >= 11 is 0. The first-order valence-corrected chi connectivity index (χ1v) is 17.1. The Balaban J connectivity index is -0.0000000304. The molecule has 0 aromatic heterocycles. The van der Waals surface area contributed by atoms with Gasteiger partial charge >= 0.3 is 0 Å². The van der Waals surface area contributed by atoms with Gasteiger partial charge in [0.1, 0.15) is 0 Å². The zero-order valence-corrected chi connectivity index (χ0v) is 32.6. The Hall–Kier alpha value is -2.34.